The van der Waals surface area contributed by atoms with Crippen LogP contribution in [-0.2, 0) is 10.0 Å². The van der Waals surface area contributed by atoms with Crippen LogP contribution in [-0.4, -0.2) is 45.6 Å². The van der Waals surface area contributed by atoms with Gasteiger partial charge >= 0.3 is 0 Å². The van der Waals surface area contributed by atoms with Crippen LogP contribution in [0.1, 0.15) is 31.2 Å². The van der Waals surface area contributed by atoms with Crippen LogP contribution < -0.4 is 14.9 Å². The first kappa shape index (κ1) is 25.9. The number of benzene rings is 2. The minimum Gasteiger partial charge on any atom is -0.362 e. The lowest BCUT2D eigenvalue weighted by atomic mass is 9.82. The molecule has 3 aromatic rings. The van der Waals surface area contributed by atoms with E-state index in [2.05, 4.69) is 15.0 Å². The number of para-hydroxylation sites is 1. The van der Waals surface area contributed by atoms with Crippen LogP contribution in [0.2, 0.25) is 10.0 Å². The molecule has 0 radical (unpaired) electrons. The highest BCUT2D eigenvalue weighted by Crippen LogP contribution is 2.31. The number of rotatable bonds is 8. The molecule has 2 N–H and O–H groups in total. The summed E-state index contributed by atoms with van der Waals surface area (Å²) < 4.78 is 28.3. The third-order valence-corrected chi connectivity index (χ3v) is 8.88. The summed E-state index contributed by atoms with van der Waals surface area (Å²) in [5, 5.41) is 5.04. The highest BCUT2D eigenvalue weighted by molar-refractivity contribution is 7.89. The van der Waals surface area contributed by atoms with Gasteiger partial charge in [0.2, 0.25) is 16.0 Å². The molecule has 1 saturated carbocycles. The minimum atomic E-state index is -3.69. The van der Waals surface area contributed by atoms with Crippen LogP contribution in [0, 0.1) is 18.8 Å². The number of hydrogen-bond acceptors (Lipinski definition) is 6. The second-order valence-electron chi connectivity index (χ2n) is 9.43. The Balaban J connectivity index is 1.30. The van der Waals surface area contributed by atoms with E-state index in [1.165, 1.54) is 12.1 Å². The topological polar surface area (TPSA) is 87.2 Å². The summed E-state index contributed by atoms with van der Waals surface area (Å²) in [4.78, 5) is 11.5. The van der Waals surface area contributed by atoms with E-state index in [-0.39, 0.29) is 9.92 Å². The molecular weight excluding hydrogens is 505 g/mol. The third-order valence-electron chi connectivity index (χ3n) is 6.59. The predicted octanol–water partition coefficient (Wildman–Crippen LogP) is 5.51. The van der Waals surface area contributed by atoms with Gasteiger partial charge in [0.15, 0.2) is 0 Å². The number of nitrogens with one attached hydrogen (secondary N) is 2. The second kappa shape index (κ2) is 10.9. The number of aromatic nitrogens is 2. The van der Waals surface area contributed by atoms with Gasteiger partial charge in [-0.15, -0.1) is 0 Å². The van der Waals surface area contributed by atoms with Crippen LogP contribution in [0.15, 0.2) is 41.3 Å². The van der Waals surface area contributed by atoms with Crippen molar-refractivity contribution in [2.45, 2.75) is 37.5 Å². The zero-order valence-electron chi connectivity index (χ0n) is 20.2. The minimum absolute atomic E-state index is 0.0754. The maximum atomic E-state index is 12.8. The predicted molar refractivity (Wildman–Crippen MR) is 144 cm³/mol. The normalized spacial score (nSPS) is 18.5. The number of hydrogen-bond donors (Lipinski definition) is 2. The van der Waals surface area contributed by atoms with Crippen LogP contribution >= 0.6 is 23.2 Å². The number of nitrogens with zero attached hydrogens (tertiary/aromatic N) is 3. The molecule has 0 amide bonds. The number of sulfonamides is 1. The van der Waals surface area contributed by atoms with Crippen molar-refractivity contribution in [3.63, 3.8) is 0 Å². The van der Waals surface area contributed by atoms with Gasteiger partial charge in [0, 0.05) is 37.6 Å². The van der Waals surface area contributed by atoms with E-state index in [0.717, 1.165) is 48.9 Å². The van der Waals surface area contributed by atoms with Gasteiger partial charge in [-0.1, -0.05) is 35.3 Å². The first-order chi connectivity index (χ1) is 16.6. The van der Waals surface area contributed by atoms with Gasteiger partial charge in [0.25, 0.3) is 0 Å². The monoisotopic (exact) mass is 535 g/mol. The van der Waals surface area contributed by atoms with Gasteiger partial charge in [0.1, 0.15) is 10.7 Å². The van der Waals surface area contributed by atoms with Crippen LogP contribution in [0.25, 0.3) is 10.9 Å². The molecule has 1 aliphatic rings. The van der Waals surface area contributed by atoms with E-state index in [1.807, 2.05) is 43.3 Å². The van der Waals surface area contributed by atoms with E-state index >= 15 is 0 Å². The molecule has 188 valence electrons. The molecule has 10 heteroatoms. The average molecular weight is 537 g/mol. The van der Waals surface area contributed by atoms with Crippen molar-refractivity contribution in [1.82, 2.24) is 14.7 Å². The van der Waals surface area contributed by atoms with Crippen molar-refractivity contribution in [1.29, 1.82) is 0 Å². The van der Waals surface area contributed by atoms with E-state index in [1.54, 1.807) is 6.92 Å². The van der Waals surface area contributed by atoms with Crippen LogP contribution in [0.4, 0.5) is 11.8 Å². The lowest BCUT2D eigenvalue weighted by Crippen LogP contribution is -2.32. The maximum Gasteiger partial charge on any atom is 0.242 e. The Labute approximate surface area is 217 Å². The lowest BCUT2D eigenvalue weighted by molar-refractivity contribution is 0.284. The molecule has 0 bridgehead atoms. The molecule has 1 aromatic heterocycles. The summed E-state index contributed by atoms with van der Waals surface area (Å²) in [6.45, 7) is 2.96. The summed E-state index contributed by atoms with van der Waals surface area (Å²) in [5.41, 5.74) is 1.60. The van der Waals surface area contributed by atoms with E-state index in [4.69, 9.17) is 28.2 Å². The molecule has 1 fully saturated rings. The average Bonchev–Trinajstić information content (AvgIpc) is 2.83. The molecule has 0 saturated heterocycles. The smallest absolute Gasteiger partial charge is 0.242 e. The van der Waals surface area contributed by atoms with Gasteiger partial charge in [0.05, 0.1) is 10.5 Å². The summed E-state index contributed by atoms with van der Waals surface area (Å²) in [6, 6.07) is 11.0. The van der Waals surface area contributed by atoms with Gasteiger partial charge in [-0.2, -0.15) is 4.98 Å². The molecule has 4 rings (SSSR count). The Morgan fingerprint density at radius 1 is 0.971 bits per heavy atom. The first-order valence-electron chi connectivity index (χ1n) is 11.8. The highest BCUT2D eigenvalue weighted by atomic mass is 35.5. The summed E-state index contributed by atoms with van der Waals surface area (Å²) in [5.74, 6) is 2.32. The Hall–Kier alpha value is -2.13. The molecular formula is C25H31Cl2N5O2S. The number of aryl methyl sites for hydroxylation is 1. The van der Waals surface area contributed by atoms with Gasteiger partial charge < -0.3 is 10.2 Å². The molecule has 0 spiro atoms. The lowest BCUT2D eigenvalue weighted by Gasteiger charge is -2.29. The second-order valence-corrected chi connectivity index (χ2v) is 12.0. The highest BCUT2D eigenvalue weighted by Gasteiger charge is 2.25. The fourth-order valence-corrected chi connectivity index (χ4v) is 6.44. The Bertz CT molecular complexity index is 1310. The van der Waals surface area contributed by atoms with Gasteiger partial charge in [-0.3, -0.25) is 0 Å². The fourth-order valence-electron chi connectivity index (χ4n) is 4.50. The number of fused-ring (bicyclic) bond motifs is 1. The zero-order chi connectivity index (χ0) is 25.2. The molecule has 2 aromatic carbocycles. The Kier molecular flexibility index (Phi) is 8.06. The molecule has 35 heavy (non-hydrogen) atoms. The summed E-state index contributed by atoms with van der Waals surface area (Å²) in [7, 11) is 0.273. The SMILES string of the molecule is Cc1cc(S(=O)(=O)NCC2CCC(CNc3nc(N(C)C)c4ccccc4n3)CC2)c(Cl)cc1Cl. The Morgan fingerprint density at radius 2 is 1.63 bits per heavy atom. The fraction of sp³-hybridized carbons (Fsp3) is 0.440. The van der Waals surface area contributed by atoms with Crippen LogP contribution in [0.5, 0.6) is 0 Å². The quantitative estimate of drug-likeness (QED) is 0.395. The van der Waals surface area contributed by atoms with Gasteiger partial charge in [-0.25, -0.2) is 18.1 Å². The Morgan fingerprint density at radius 3 is 2.31 bits per heavy atom. The zero-order valence-corrected chi connectivity index (χ0v) is 22.5. The van der Waals surface area contributed by atoms with Crippen molar-refractivity contribution in [2.75, 3.05) is 37.4 Å². The third kappa shape index (κ3) is 6.17. The number of anilines is 2. The molecule has 1 aliphatic carbocycles. The van der Waals surface area contributed by atoms with Crippen molar-refractivity contribution in [3.8, 4) is 0 Å². The van der Waals surface area contributed by atoms with E-state index < -0.39 is 10.0 Å². The summed E-state index contributed by atoms with van der Waals surface area (Å²) in [6.07, 6.45) is 3.97. The van der Waals surface area contributed by atoms with Crippen molar-refractivity contribution < 1.29 is 8.42 Å². The molecule has 0 aliphatic heterocycles. The maximum absolute atomic E-state index is 12.8. The van der Waals surface area contributed by atoms with E-state index in [0.29, 0.717) is 34.9 Å². The van der Waals surface area contributed by atoms with Crippen LogP contribution in [0.3, 0.4) is 0 Å². The first-order valence-corrected chi connectivity index (χ1v) is 14.0. The molecule has 7 nitrogen and oxygen atoms in total. The van der Waals surface area contributed by atoms with Crippen molar-refractivity contribution in [3.05, 3.63) is 52.0 Å². The molecule has 0 unspecified atom stereocenters. The van der Waals surface area contributed by atoms with Crippen molar-refractivity contribution in [2.24, 2.45) is 11.8 Å². The molecule has 1 heterocycles. The van der Waals surface area contributed by atoms with Crippen molar-refractivity contribution >= 4 is 55.9 Å². The van der Waals surface area contributed by atoms with Gasteiger partial charge in [-0.05, 0) is 74.3 Å². The molecule has 0 atom stereocenters. The largest absolute Gasteiger partial charge is 0.362 e. The number of halogens is 2. The van der Waals surface area contributed by atoms with E-state index in [9.17, 15) is 8.42 Å². The standard InChI is InChI=1S/C25H31Cl2N5O2S/c1-16-12-23(21(27)13-20(16)26)35(33,34)29-15-18-10-8-17(9-11-18)14-28-25-30-22-7-5-4-6-19(22)24(31-25)32(2)3/h4-7,12-13,17-18,29H,8-11,14-15H2,1-3H3,(H,28,30,31). The summed E-state index contributed by atoms with van der Waals surface area (Å²) >= 11 is 12.2.